The Bertz CT molecular complexity index is 673. The number of rotatable bonds is 5. The minimum absolute atomic E-state index is 0. The number of carbonyl (C=O) groups excluding carboxylic acids is 1. The Morgan fingerprint density at radius 3 is 2.71 bits per heavy atom. The minimum Gasteiger partial charge on any atom is -0.324 e. The molecule has 1 heterocycles. The number of para-hydroxylation sites is 1. The summed E-state index contributed by atoms with van der Waals surface area (Å²) in [6, 6.07) is 5.34. The van der Waals surface area contributed by atoms with E-state index in [-0.39, 0.29) is 30.7 Å². The second-order valence-electron chi connectivity index (χ2n) is 5.37. The molecule has 2 rings (SSSR count). The second kappa shape index (κ2) is 8.70. The molecule has 24 heavy (non-hydrogen) atoms. The zero-order valence-corrected chi connectivity index (χ0v) is 14.7. The molecule has 1 aliphatic heterocycles. The number of piperazine rings is 1. The van der Waals surface area contributed by atoms with Crippen molar-refractivity contribution < 1.29 is 22.0 Å². The number of nitrogens with one attached hydrogen (secondary N) is 2. The van der Waals surface area contributed by atoms with Gasteiger partial charge in [0, 0.05) is 25.7 Å². The molecule has 2 N–H and O–H groups in total. The monoisotopic (exact) mass is 383 g/mol. The van der Waals surface area contributed by atoms with Crippen LogP contribution in [0.25, 0.3) is 0 Å². The SMILES string of the molecule is C[C@@H]1CNCCN1CC(=O)Nc1ccccc1S(=O)(=O)C(F)F.Cl. The van der Waals surface area contributed by atoms with Gasteiger partial charge in [0.1, 0.15) is 0 Å². The lowest BCUT2D eigenvalue weighted by atomic mass is 10.2. The number of nitrogens with zero attached hydrogens (tertiary/aromatic N) is 1. The first-order valence-corrected chi connectivity index (χ1v) is 8.72. The van der Waals surface area contributed by atoms with E-state index in [1.165, 1.54) is 18.2 Å². The molecule has 1 saturated heterocycles. The summed E-state index contributed by atoms with van der Waals surface area (Å²) in [6.07, 6.45) is 0. The normalized spacial score (nSPS) is 18.9. The summed E-state index contributed by atoms with van der Waals surface area (Å²) in [5.74, 6) is -3.97. The van der Waals surface area contributed by atoms with Gasteiger partial charge in [0.2, 0.25) is 15.7 Å². The van der Waals surface area contributed by atoms with Crippen molar-refractivity contribution in [2.45, 2.75) is 23.6 Å². The topological polar surface area (TPSA) is 78.5 Å². The molecule has 0 bridgehead atoms. The van der Waals surface area contributed by atoms with Crippen LogP contribution in [0, 0.1) is 0 Å². The van der Waals surface area contributed by atoms with Gasteiger partial charge in [0.25, 0.3) is 0 Å². The lowest BCUT2D eigenvalue weighted by Crippen LogP contribution is -2.52. The largest absolute Gasteiger partial charge is 0.341 e. The maximum absolute atomic E-state index is 12.7. The molecule has 0 saturated carbocycles. The van der Waals surface area contributed by atoms with Crippen molar-refractivity contribution in [2.75, 3.05) is 31.5 Å². The Morgan fingerprint density at radius 2 is 2.08 bits per heavy atom. The van der Waals surface area contributed by atoms with Gasteiger partial charge in [0.05, 0.1) is 17.1 Å². The van der Waals surface area contributed by atoms with Gasteiger partial charge in [-0.05, 0) is 19.1 Å². The lowest BCUT2D eigenvalue weighted by Gasteiger charge is -2.33. The average Bonchev–Trinajstić information content (AvgIpc) is 2.50. The molecule has 0 radical (unpaired) electrons. The number of carbonyl (C=O) groups is 1. The van der Waals surface area contributed by atoms with Crippen molar-refractivity contribution in [3.05, 3.63) is 24.3 Å². The molecule has 10 heteroatoms. The van der Waals surface area contributed by atoms with Crippen LogP contribution in [0.3, 0.4) is 0 Å². The summed E-state index contributed by atoms with van der Waals surface area (Å²) in [5.41, 5.74) is -0.124. The Labute approximate surface area is 145 Å². The van der Waals surface area contributed by atoms with Crippen molar-refractivity contribution in [2.24, 2.45) is 0 Å². The smallest absolute Gasteiger partial charge is 0.324 e. The number of hydrogen-bond donors (Lipinski definition) is 2. The van der Waals surface area contributed by atoms with Crippen LogP contribution in [0.5, 0.6) is 0 Å². The molecule has 1 amide bonds. The number of amides is 1. The molecule has 6 nitrogen and oxygen atoms in total. The summed E-state index contributed by atoms with van der Waals surface area (Å²) in [7, 11) is -4.77. The van der Waals surface area contributed by atoms with Gasteiger partial charge in [-0.1, -0.05) is 12.1 Å². The minimum atomic E-state index is -4.77. The van der Waals surface area contributed by atoms with E-state index >= 15 is 0 Å². The third-order valence-electron chi connectivity index (χ3n) is 3.69. The van der Waals surface area contributed by atoms with E-state index in [0.717, 1.165) is 19.2 Å². The predicted molar refractivity (Wildman–Crippen MR) is 89.4 cm³/mol. The number of benzene rings is 1. The Hall–Kier alpha value is -1.29. The van der Waals surface area contributed by atoms with Crippen LogP contribution < -0.4 is 10.6 Å². The second-order valence-corrected chi connectivity index (χ2v) is 7.26. The standard InChI is InChI=1S/C14H19F2N3O3S.ClH/c1-10-8-17-6-7-19(10)9-13(20)18-11-4-2-3-5-12(11)23(21,22)14(15)16;/h2-5,10,14,17H,6-9H2,1H3,(H,18,20);1H/t10-;/m1./s1. The summed E-state index contributed by atoms with van der Waals surface area (Å²) in [4.78, 5) is 13.5. The third-order valence-corrected chi connectivity index (χ3v) is 5.13. The van der Waals surface area contributed by atoms with Crippen LogP contribution in [0.4, 0.5) is 14.5 Å². The van der Waals surface area contributed by atoms with Gasteiger partial charge in [-0.25, -0.2) is 8.42 Å². The molecule has 1 fully saturated rings. The molecule has 1 aromatic carbocycles. The molecule has 0 spiro atoms. The van der Waals surface area contributed by atoms with Crippen LogP contribution in [-0.4, -0.2) is 57.2 Å². The van der Waals surface area contributed by atoms with E-state index in [2.05, 4.69) is 10.6 Å². The molecule has 136 valence electrons. The molecule has 0 aliphatic carbocycles. The molecule has 0 aromatic heterocycles. The van der Waals surface area contributed by atoms with Crippen LogP contribution in [0.1, 0.15) is 6.92 Å². The maximum Gasteiger partial charge on any atom is 0.341 e. The highest BCUT2D eigenvalue weighted by Gasteiger charge is 2.29. The van der Waals surface area contributed by atoms with E-state index in [1.807, 2.05) is 11.8 Å². The summed E-state index contributed by atoms with van der Waals surface area (Å²) < 4.78 is 48.8. The van der Waals surface area contributed by atoms with Crippen molar-refractivity contribution in [3.8, 4) is 0 Å². The first kappa shape index (κ1) is 20.8. The molecule has 1 aromatic rings. The quantitative estimate of drug-likeness (QED) is 0.802. The zero-order chi connectivity index (χ0) is 17.0. The van der Waals surface area contributed by atoms with Crippen LogP contribution in [0.15, 0.2) is 29.2 Å². The first-order valence-electron chi connectivity index (χ1n) is 7.18. The summed E-state index contributed by atoms with van der Waals surface area (Å²) in [6.45, 7) is 4.24. The van der Waals surface area contributed by atoms with Crippen molar-refractivity contribution >= 4 is 33.8 Å². The van der Waals surface area contributed by atoms with E-state index in [0.29, 0.717) is 6.54 Å². The van der Waals surface area contributed by atoms with E-state index < -0.39 is 26.4 Å². The van der Waals surface area contributed by atoms with Crippen LogP contribution in [0.2, 0.25) is 0 Å². The Balaban J connectivity index is 0.00000288. The van der Waals surface area contributed by atoms with Crippen molar-refractivity contribution in [3.63, 3.8) is 0 Å². The third kappa shape index (κ3) is 4.85. The van der Waals surface area contributed by atoms with Gasteiger partial charge in [0.15, 0.2) is 0 Å². The average molecular weight is 384 g/mol. The van der Waals surface area contributed by atoms with Crippen molar-refractivity contribution in [1.29, 1.82) is 0 Å². The maximum atomic E-state index is 12.7. The fourth-order valence-corrected chi connectivity index (χ4v) is 3.29. The van der Waals surface area contributed by atoms with Crippen LogP contribution >= 0.6 is 12.4 Å². The Morgan fingerprint density at radius 1 is 1.42 bits per heavy atom. The summed E-state index contributed by atoms with van der Waals surface area (Å²) >= 11 is 0. The lowest BCUT2D eigenvalue weighted by molar-refractivity contribution is -0.118. The van der Waals surface area contributed by atoms with Gasteiger partial charge in [-0.2, -0.15) is 8.78 Å². The molecule has 1 atom stereocenters. The number of halogens is 3. The van der Waals surface area contributed by atoms with Gasteiger partial charge < -0.3 is 10.6 Å². The number of anilines is 1. The van der Waals surface area contributed by atoms with E-state index in [4.69, 9.17) is 0 Å². The van der Waals surface area contributed by atoms with E-state index in [1.54, 1.807) is 0 Å². The molecular formula is C14H20ClF2N3O3S. The zero-order valence-electron chi connectivity index (χ0n) is 13.0. The summed E-state index contributed by atoms with van der Waals surface area (Å²) in [5, 5.41) is 5.62. The highest BCUT2D eigenvalue weighted by atomic mass is 35.5. The first-order chi connectivity index (χ1) is 10.8. The highest BCUT2D eigenvalue weighted by Crippen LogP contribution is 2.26. The van der Waals surface area contributed by atoms with Gasteiger partial charge in [-0.3, -0.25) is 9.69 Å². The number of alkyl halides is 2. The van der Waals surface area contributed by atoms with Gasteiger partial charge in [-0.15, -0.1) is 12.4 Å². The molecule has 1 aliphatic rings. The fourth-order valence-electron chi connectivity index (χ4n) is 2.41. The highest BCUT2D eigenvalue weighted by molar-refractivity contribution is 7.91. The Kier molecular flexibility index (Phi) is 7.53. The van der Waals surface area contributed by atoms with Gasteiger partial charge >= 0.3 is 5.76 Å². The van der Waals surface area contributed by atoms with Crippen molar-refractivity contribution in [1.82, 2.24) is 10.2 Å². The number of sulfone groups is 1. The van der Waals surface area contributed by atoms with Crippen LogP contribution in [-0.2, 0) is 14.6 Å². The van der Waals surface area contributed by atoms with E-state index in [9.17, 15) is 22.0 Å². The molecule has 0 unspecified atom stereocenters. The predicted octanol–water partition coefficient (Wildman–Crippen LogP) is 1.34. The number of hydrogen-bond acceptors (Lipinski definition) is 5. The fraction of sp³-hybridized carbons (Fsp3) is 0.500. The molecular weight excluding hydrogens is 364 g/mol.